The summed E-state index contributed by atoms with van der Waals surface area (Å²) in [6.45, 7) is 4.58. The molecule has 0 aliphatic heterocycles. The van der Waals surface area contributed by atoms with Crippen molar-refractivity contribution in [2.24, 2.45) is 5.73 Å². The molecule has 5 heteroatoms. The number of ether oxygens (including phenoxy) is 3. The molecular weight excluding hydrogens is 262 g/mol. The lowest BCUT2D eigenvalue weighted by Gasteiger charge is -2.10. The minimum atomic E-state index is 0.331. The van der Waals surface area contributed by atoms with Gasteiger partial charge in [0.1, 0.15) is 10.7 Å². The van der Waals surface area contributed by atoms with Crippen LogP contribution in [0.3, 0.4) is 0 Å². The summed E-state index contributed by atoms with van der Waals surface area (Å²) in [7, 11) is 1.60. The lowest BCUT2D eigenvalue weighted by molar-refractivity contribution is 0.0408. The molecule has 0 saturated carbocycles. The highest BCUT2D eigenvalue weighted by atomic mass is 32.1. The highest BCUT2D eigenvalue weighted by Gasteiger charge is 2.06. The van der Waals surface area contributed by atoms with E-state index >= 15 is 0 Å². The Morgan fingerprint density at radius 1 is 1.21 bits per heavy atom. The molecule has 0 aromatic heterocycles. The van der Waals surface area contributed by atoms with E-state index < -0.39 is 0 Å². The third kappa shape index (κ3) is 5.55. The van der Waals surface area contributed by atoms with E-state index in [9.17, 15) is 0 Å². The zero-order chi connectivity index (χ0) is 14.1. The first kappa shape index (κ1) is 15.9. The van der Waals surface area contributed by atoms with E-state index in [0.29, 0.717) is 30.6 Å². The molecule has 0 aliphatic carbocycles. The van der Waals surface area contributed by atoms with Gasteiger partial charge in [0.2, 0.25) is 0 Å². The Labute approximate surface area is 119 Å². The smallest absolute Gasteiger partial charge is 0.129 e. The van der Waals surface area contributed by atoms with Crippen molar-refractivity contribution in [3.63, 3.8) is 0 Å². The summed E-state index contributed by atoms with van der Waals surface area (Å²) in [6, 6.07) is 5.68. The number of nitrogens with two attached hydrogens (primary N) is 1. The Balaban J connectivity index is 2.44. The second-order valence-corrected chi connectivity index (χ2v) is 4.50. The van der Waals surface area contributed by atoms with Crippen LogP contribution in [0.5, 0.6) is 5.75 Å². The van der Waals surface area contributed by atoms with E-state index in [1.165, 1.54) is 0 Å². The number of hydrogen-bond acceptors (Lipinski definition) is 4. The summed E-state index contributed by atoms with van der Waals surface area (Å²) in [5.41, 5.74) is 7.38. The average molecular weight is 283 g/mol. The first-order chi connectivity index (χ1) is 9.19. The zero-order valence-electron chi connectivity index (χ0n) is 11.5. The minimum absolute atomic E-state index is 0.331. The van der Waals surface area contributed by atoms with E-state index in [4.69, 9.17) is 32.2 Å². The van der Waals surface area contributed by atoms with E-state index in [-0.39, 0.29) is 0 Å². The SMILES string of the molecule is CCCOCCOCc1ccc(C(N)=S)c(OC)c1. The van der Waals surface area contributed by atoms with Crippen molar-refractivity contribution < 1.29 is 14.2 Å². The van der Waals surface area contributed by atoms with Crippen LogP contribution in [0.1, 0.15) is 24.5 Å². The van der Waals surface area contributed by atoms with Gasteiger partial charge in [0.05, 0.1) is 32.5 Å². The normalized spacial score (nSPS) is 10.4. The van der Waals surface area contributed by atoms with Gasteiger partial charge in [-0.25, -0.2) is 0 Å². The second-order valence-electron chi connectivity index (χ2n) is 4.06. The maximum atomic E-state index is 5.61. The Bertz CT molecular complexity index is 410. The van der Waals surface area contributed by atoms with Crippen molar-refractivity contribution in [2.45, 2.75) is 20.0 Å². The van der Waals surface area contributed by atoms with Crippen LogP contribution in [0.25, 0.3) is 0 Å². The van der Waals surface area contributed by atoms with Gasteiger partial charge in [-0.15, -0.1) is 0 Å². The monoisotopic (exact) mass is 283 g/mol. The van der Waals surface area contributed by atoms with E-state index in [0.717, 1.165) is 24.2 Å². The molecule has 0 radical (unpaired) electrons. The number of methoxy groups -OCH3 is 1. The van der Waals surface area contributed by atoms with Gasteiger partial charge in [0.15, 0.2) is 0 Å². The molecule has 0 unspecified atom stereocenters. The van der Waals surface area contributed by atoms with Gasteiger partial charge < -0.3 is 19.9 Å². The third-order valence-corrected chi connectivity index (χ3v) is 2.74. The van der Waals surface area contributed by atoms with Crippen molar-refractivity contribution in [3.8, 4) is 5.75 Å². The van der Waals surface area contributed by atoms with Crippen LogP contribution in [0, 0.1) is 0 Å². The predicted octanol–water partition coefficient (Wildman–Crippen LogP) is 2.27. The standard InChI is InChI=1S/C14H21NO3S/c1-3-6-17-7-8-18-10-11-4-5-12(14(15)19)13(9-11)16-2/h4-5,9H,3,6-8,10H2,1-2H3,(H2,15,19). The Morgan fingerprint density at radius 2 is 1.95 bits per heavy atom. The van der Waals surface area contributed by atoms with Crippen LogP contribution in [-0.2, 0) is 16.1 Å². The highest BCUT2D eigenvalue weighted by Crippen LogP contribution is 2.20. The summed E-state index contributed by atoms with van der Waals surface area (Å²) >= 11 is 4.96. The fourth-order valence-corrected chi connectivity index (χ4v) is 1.75. The molecule has 19 heavy (non-hydrogen) atoms. The first-order valence-electron chi connectivity index (χ1n) is 6.31. The summed E-state index contributed by atoms with van der Waals surface area (Å²) in [6.07, 6.45) is 1.03. The predicted molar refractivity (Wildman–Crippen MR) is 79.6 cm³/mol. The van der Waals surface area contributed by atoms with Crippen molar-refractivity contribution in [1.29, 1.82) is 0 Å². The van der Waals surface area contributed by atoms with Crippen LogP contribution in [0.4, 0.5) is 0 Å². The molecule has 0 bridgehead atoms. The zero-order valence-corrected chi connectivity index (χ0v) is 12.3. The first-order valence-corrected chi connectivity index (χ1v) is 6.72. The fourth-order valence-electron chi connectivity index (χ4n) is 1.58. The minimum Gasteiger partial charge on any atom is -0.496 e. The molecule has 0 heterocycles. The van der Waals surface area contributed by atoms with Crippen LogP contribution < -0.4 is 10.5 Å². The Kier molecular flexibility index (Phi) is 7.40. The van der Waals surface area contributed by atoms with Gasteiger partial charge in [0.25, 0.3) is 0 Å². The molecule has 0 aliphatic rings. The van der Waals surface area contributed by atoms with Crippen molar-refractivity contribution in [2.75, 3.05) is 26.9 Å². The van der Waals surface area contributed by atoms with Gasteiger partial charge in [-0.05, 0) is 24.1 Å². The summed E-state index contributed by atoms with van der Waals surface area (Å²) in [5.74, 6) is 0.677. The Morgan fingerprint density at radius 3 is 2.58 bits per heavy atom. The number of thiocarbonyl (C=S) groups is 1. The molecule has 106 valence electrons. The lowest BCUT2D eigenvalue weighted by atomic mass is 10.1. The van der Waals surface area contributed by atoms with Gasteiger partial charge >= 0.3 is 0 Å². The third-order valence-electron chi connectivity index (χ3n) is 2.52. The largest absolute Gasteiger partial charge is 0.496 e. The highest BCUT2D eigenvalue weighted by molar-refractivity contribution is 7.80. The topological polar surface area (TPSA) is 53.7 Å². The summed E-state index contributed by atoms with van der Waals surface area (Å²) in [4.78, 5) is 0.331. The average Bonchev–Trinajstić information content (AvgIpc) is 2.42. The number of rotatable bonds is 9. The number of hydrogen-bond donors (Lipinski definition) is 1. The maximum Gasteiger partial charge on any atom is 0.129 e. The van der Waals surface area contributed by atoms with Crippen LogP contribution in [0.2, 0.25) is 0 Å². The van der Waals surface area contributed by atoms with E-state index in [1.54, 1.807) is 7.11 Å². The molecule has 1 rings (SSSR count). The van der Waals surface area contributed by atoms with Gasteiger partial charge in [-0.1, -0.05) is 25.2 Å². The quantitative estimate of drug-likeness (QED) is 0.556. The number of benzene rings is 1. The van der Waals surface area contributed by atoms with E-state index in [2.05, 4.69) is 6.92 Å². The molecule has 1 aromatic rings. The van der Waals surface area contributed by atoms with Crippen molar-refractivity contribution in [1.82, 2.24) is 0 Å². The molecule has 0 amide bonds. The Hall–Kier alpha value is -1.17. The molecule has 0 atom stereocenters. The maximum absolute atomic E-state index is 5.61. The van der Waals surface area contributed by atoms with Crippen LogP contribution in [0.15, 0.2) is 18.2 Å². The van der Waals surface area contributed by atoms with Crippen LogP contribution in [-0.4, -0.2) is 31.9 Å². The van der Waals surface area contributed by atoms with Crippen molar-refractivity contribution >= 4 is 17.2 Å². The fraction of sp³-hybridized carbons (Fsp3) is 0.500. The summed E-state index contributed by atoms with van der Waals surface area (Å²) < 4.78 is 16.1. The molecule has 0 fully saturated rings. The molecule has 4 nitrogen and oxygen atoms in total. The molecule has 1 aromatic carbocycles. The second kappa shape index (κ2) is 8.85. The molecule has 2 N–H and O–H groups in total. The van der Waals surface area contributed by atoms with Gasteiger partial charge in [-0.2, -0.15) is 0 Å². The summed E-state index contributed by atoms with van der Waals surface area (Å²) in [5, 5.41) is 0. The lowest BCUT2D eigenvalue weighted by Crippen LogP contribution is -2.11. The van der Waals surface area contributed by atoms with E-state index in [1.807, 2.05) is 18.2 Å². The molecule has 0 saturated heterocycles. The van der Waals surface area contributed by atoms with Gasteiger partial charge in [0, 0.05) is 6.61 Å². The molecular formula is C14H21NO3S. The van der Waals surface area contributed by atoms with Crippen LogP contribution >= 0.6 is 12.2 Å². The van der Waals surface area contributed by atoms with Crippen molar-refractivity contribution in [3.05, 3.63) is 29.3 Å². The van der Waals surface area contributed by atoms with Gasteiger partial charge in [-0.3, -0.25) is 0 Å². The molecule has 0 spiro atoms.